The molecule has 84 valence electrons. The van der Waals surface area contributed by atoms with Gasteiger partial charge in [-0.3, -0.25) is 0 Å². The lowest BCUT2D eigenvalue weighted by Gasteiger charge is -2.23. The highest BCUT2D eigenvalue weighted by Crippen LogP contribution is 2.16. The van der Waals surface area contributed by atoms with E-state index in [1.807, 2.05) is 12.1 Å². The van der Waals surface area contributed by atoms with Gasteiger partial charge in [0.25, 0.3) is 0 Å². The summed E-state index contributed by atoms with van der Waals surface area (Å²) in [6.07, 6.45) is 1.08. The van der Waals surface area contributed by atoms with Gasteiger partial charge >= 0.3 is 0 Å². The molecular weight excluding hydrogens is 188 g/mol. The zero-order valence-corrected chi connectivity index (χ0v) is 9.32. The first-order valence-electron chi connectivity index (χ1n) is 5.46. The van der Waals surface area contributed by atoms with Crippen LogP contribution in [0.1, 0.15) is 18.9 Å². The minimum absolute atomic E-state index is 0.187. The summed E-state index contributed by atoms with van der Waals surface area (Å²) in [7, 11) is 0. The summed E-state index contributed by atoms with van der Waals surface area (Å²) in [6, 6.07) is 8.18. The Kier molecular flexibility index (Phi) is 5.15. The third-order valence-electron chi connectivity index (χ3n) is 2.37. The molecule has 0 aliphatic carbocycles. The van der Waals surface area contributed by atoms with Gasteiger partial charge in [0.15, 0.2) is 0 Å². The van der Waals surface area contributed by atoms with Crippen LogP contribution in [0.4, 0.5) is 5.69 Å². The van der Waals surface area contributed by atoms with Gasteiger partial charge in [-0.15, -0.1) is 0 Å². The van der Waals surface area contributed by atoms with Gasteiger partial charge < -0.3 is 15.7 Å². The van der Waals surface area contributed by atoms with Crippen molar-refractivity contribution in [1.29, 1.82) is 0 Å². The van der Waals surface area contributed by atoms with Gasteiger partial charge in [-0.2, -0.15) is 0 Å². The lowest BCUT2D eigenvalue weighted by atomic mass is 10.2. The number of anilines is 1. The van der Waals surface area contributed by atoms with Crippen molar-refractivity contribution in [2.24, 2.45) is 5.73 Å². The number of hydrogen-bond donors (Lipinski definition) is 2. The lowest BCUT2D eigenvalue weighted by Crippen LogP contribution is -2.27. The van der Waals surface area contributed by atoms with E-state index in [1.165, 1.54) is 0 Å². The van der Waals surface area contributed by atoms with Crippen molar-refractivity contribution in [3.63, 3.8) is 0 Å². The zero-order valence-electron chi connectivity index (χ0n) is 9.32. The monoisotopic (exact) mass is 208 g/mol. The van der Waals surface area contributed by atoms with Gasteiger partial charge in [0.2, 0.25) is 0 Å². The van der Waals surface area contributed by atoms with Gasteiger partial charge in [-0.05, 0) is 24.1 Å². The molecule has 0 spiro atoms. The quantitative estimate of drug-likeness (QED) is 0.742. The van der Waals surface area contributed by atoms with Gasteiger partial charge in [0.1, 0.15) is 0 Å². The Morgan fingerprint density at radius 3 is 2.73 bits per heavy atom. The third kappa shape index (κ3) is 3.53. The molecule has 0 saturated carbocycles. The molecule has 0 atom stereocenters. The number of aliphatic hydroxyl groups excluding tert-OH is 1. The molecule has 0 bridgehead atoms. The maximum atomic E-state index is 8.98. The number of nitrogens with two attached hydrogens (primary N) is 1. The summed E-state index contributed by atoms with van der Waals surface area (Å²) in [6.45, 7) is 4.54. The number of rotatable bonds is 6. The van der Waals surface area contributed by atoms with E-state index in [2.05, 4.69) is 24.0 Å². The predicted octanol–water partition coefficient (Wildman–Crippen LogP) is 1.35. The molecule has 15 heavy (non-hydrogen) atoms. The number of aliphatic hydroxyl groups is 1. The average molecular weight is 208 g/mol. The van der Waals surface area contributed by atoms with Crippen molar-refractivity contribution in [1.82, 2.24) is 0 Å². The summed E-state index contributed by atoms with van der Waals surface area (Å²) in [5.41, 5.74) is 7.88. The first-order chi connectivity index (χ1) is 7.31. The van der Waals surface area contributed by atoms with Crippen LogP contribution >= 0.6 is 0 Å². The summed E-state index contributed by atoms with van der Waals surface area (Å²) in [5, 5.41) is 8.98. The van der Waals surface area contributed by atoms with Crippen molar-refractivity contribution >= 4 is 5.69 Å². The molecule has 0 saturated heterocycles. The number of benzene rings is 1. The number of hydrogen-bond acceptors (Lipinski definition) is 3. The van der Waals surface area contributed by atoms with Crippen LogP contribution in [-0.2, 0) is 6.54 Å². The van der Waals surface area contributed by atoms with E-state index in [0.717, 1.165) is 24.2 Å². The standard InChI is InChI=1S/C12H20N2O/c1-2-6-14(7-8-15)12-5-3-4-11(9-12)10-13/h3-5,9,15H,2,6-8,10,13H2,1H3. The van der Waals surface area contributed by atoms with Gasteiger partial charge in [-0.25, -0.2) is 0 Å². The van der Waals surface area contributed by atoms with Crippen molar-refractivity contribution < 1.29 is 5.11 Å². The van der Waals surface area contributed by atoms with E-state index in [4.69, 9.17) is 10.8 Å². The molecule has 0 aromatic heterocycles. The Hall–Kier alpha value is -1.06. The summed E-state index contributed by atoms with van der Waals surface area (Å²) < 4.78 is 0. The highest BCUT2D eigenvalue weighted by Gasteiger charge is 2.04. The Morgan fingerprint density at radius 1 is 1.33 bits per heavy atom. The average Bonchev–Trinajstić information content (AvgIpc) is 2.29. The largest absolute Gasteiger partial charge is 0.395 e. The van der Waals surface area contributed by atoms with E-state index in [1.54, 1.807) is 0 Å². The summed E-state index contributed by atoms with van der Waals surface area (Å²) in [5.74, 6) is 0. The first-order valence-corrected chi connectivity index (χ1v) is 5.46. The van der Waals surface area contributed by atoms with Crippen LogP contribution in [0, 0.1) is 0 Å². The van der Waals surface area contributed by atoms with Crippen LogP contribution < -0.4 is 10.6 Å². The normalized spacial score (nSPS) is 10.3. The molecule has 0 radical (unpaired) electrons. The van der Waals surface area contributed by atoms with Crippen molar-refractivity contribution in [2.45, 2.75) is 19.9 Å². The van der Waals surface area contributed by atoms with E-state index in [-0.39, 0.29) is 6.61 Å². The Balaban J connectivity index is 2.79. The van der Waals surface area contributed by atoms with Crippen LogP contribution in [0.25, 0.3) is 0 Å². The fraction of sp³-hybridized carbons (Fsp3) is 0.500. The van der Waals surface area contributed by atoms with E-state index in [9.17, 15) is 0 Å². The zero-order chi connectivity index (χ0) is 11.1. The van der Waals surface area contributed by atoms with Crippen molar-refractivity contribution in [3.05, 3.63) is 29.8 Å². The molecule has 0 aliphatic rings. The Bertz CT molecular complexity index is 283. The minimum atomic E-state index is 0.187. The molecular formula is C12H20N2O. The maximum Gasteiger partial charge on any atom is 0.0606 e. The second-order valence-electron chi connectivity index (χ2n) is 3.58. The van der Waals surface area contributed by atoms with Crippen LogP contribution in [0.2, 0.25) is 0 Å². The lowest BCUT2D eigenvalue weighted by molar-refractivity contribution is 0.302. The molecule has 0 heterocycles. The summed E-state index contributed by atoms with van der Waals surface area (Å²) >= 11 is 0. The third-order valence-corrected chi connectivity index (χ3v) is 2.37. The molecule has 3 heteroatoms. The summed E-state index contributed by atoms with van der Waals surface area (Å²) in [4.78, 5) is 2.18. The van der Waals surface area contributed by atoms with E-state index >= 15 is 0 Å². The topological polar surface area (TPSA) is 49.5 Å². The molecule has 3 nitrogen and oxygen atoms in total. The van der Waals surface area contributed by atoms with Crippen molar-refractivity contribution in [2.75, 3.05) is 24.6 Å². The smallest absolute Gasteiger partial charge is 0.0606 e. The van der Waals surface area contributed by atoms with Crippen LogP contribution in [0.15, 0.2) is 24.3 Å². The SMILES string of the molecule is CCCN(CCO)c1cccc(CN)c1. The molecule has 3 N–H and O–H groups in total. The van der Waals surface area contributed by atoms with Gasteiger partial charge in [-0.1, -0.05) is 19.1 Å². The molecule has 0 fully saturated rings. The number of nitrogens with zero attached hydrogens (tertiary/aromatic N) is 1. The second kappa shape index (κ2) is 6.43. The molecule has 0 unspecified atom stereocenters. The minimum Gasteiger partial charge on any atom is -0.395 e. The molecule has 1 aromatic carbocycles. The Morgan fingerprint density at radius 2 is 2.13 bits per heavy atom. The molecule has 0 aliphatic heterocycles. The van der Waals surface area contributed by atoms with Gasteiger partial charge in [0, 0.05) is 25.3 Å². The maximum absolute atomic E-state index is 8.98. The fourth-order valence-corrected chi connectivity index (χ4v) is 1.64. The van der Waals surface area contributed by atoms with Gasteiger partial charge in [0.05, 0.1) is 6.61 Å². The van der Waals surface area contributed by atoms with Crippen molar-refractivity contribution in [3.8, 4) is 0 Å². The second-order valence-corrected chi connectivity index (χ2v) is 3.58. The molecule has 1 rings (SSSR count). The highest BCUT2D eigenvalue weighted by atomic mass is 16.3. The van der Waals surface area contributed by atoms with Crippen LogP contribution in [0.5, 0.6) is 0 Å². The molecule has 1 aromatic rings. The predicted molar refractivity (Wildman–Crippen MR) is 63.9 cm³/mol. The molecule has 0 amide bonds. The first kappa shape index (κ1) is 12.0. The van der Waals surface area contributed by atoms with E-state index in [0.29, 0.717) is 13.1 Å². The van der Waals surface area contributed by atoms with E-state index < -0.39 is 0 Å². The highest BCUT2D eigenvalue weighted by molar-refractivity contribution is 5.48. The van der Waals surface area contributed by atoms with Crippen LogP contribution in [0.3, 0.4) is 0 Å². The Labute approximate surface area is 91.5 Å². The van der Waals surface area contributed by atoms with Crippen LogP contribution in [-0.4, -0.2) is 24.8 Å². The fourth-order valence-electron chi connectivity index (χ4n) is 1.64.